The molecule has 0 aliphatic carbocycles. The molecule has 0 saturated heterocycles. The number of carbonyl (C=O) groups excluding carboxylic acids is 1. The number of amides is 1. The number of anilines is 2. The van der Waals surface area contributed by atoms with Crippen LogP contribution >= 0.6 is 11.8 Å². The van der Waals surface area contributed by atoms with Crippen molar-refractivity contribution in [2.75, 3.05) is 15.8 Å². The molecule has 2 N–H and O–H groups in total. The van der Waals surface area contributed by atoms with E-state index in [1.807, 2.05) is 0 Å². The van der Waals surface area contributed by atoms with Crippen LogP contribution in [0, 0.1) is 11.6 Å². The first-order valence-electron chi connectivity index (χ1n) is 8.39. The van der Waals surface area contributed by atoms with Gasteiger partial charge in [0.2, 0.25) is 5.91 Å². The second-order valence-corrected chi connectivity index (χ2v) is 8.63. The van der Waals surface area contributed by atoms with E-state index in [9.17, 15) is 22.0 Å². The Morgan fingerprint density at radius 2 is 1.38 bits per heavy atom. The third-order valence-corrected chi connectivity index (χ3v) is 6.15. The number of halogens is 2. The molecule has 0 spiro atoms. The molecule has 29 heavy (non-hydrogen) atoms. The molecule has 0 unspecified atom stereocenters. The lowest BCUT2D eigenvalue weighted by molar-refractivity contribution is -0.113. The number of para-hydroxylation sites is 2. The topological polar surface area (TPSA) is 75.3 Å². The maximum atomic E-state index is 13.0. The number of hydrogen-bond acceptors (Lipinski definition) is 4. The summed E-state index contributed by atoms with van der Waals surface area (Å²) in [5.74, 6) is -1.20. The van der Waals surface area contributed by atoms with E-state index < -0.39 is 15.8 Å². The van der Waals surface area contributed by atoms with Gasteiger partial charge in [-0.2, -0.15) is 0 Å². The van der Waals surface area contributed by atoms with Gasteiger partial charge in [-0.05, 0) is 60.7 Å². The first-order chi connectivity index (χ1) is 13.8. The van der Waals surface area contributed by atoms with Gasteiger partial charge in [-0.3, -0.25) is 9.52 Å². The summed E-state index contributed by atoms with van der Waals surface area (Å²) in [6.45, 7) is 0. The summed E-state index contributed by atoms with van der Waals surface area (Å²) < 4.78 is 53.4. The maximum Gasteiger partial charge on any atom is 0.261 e. The van der Waals surface area contributed by atoms with Gasteiger partial charge in [0.1, 0.15) is 11.6 Å². The Bertz CT molecular complexity index is 1100. The van der Waals surface area contributed by atoms with Gasteiger partial charge in [0, 0.05) is 4.90 Å². The molecule has 0 aliphatic rings. The highest BCUT2D eigenvalue weighted by atomic mass is 32.2. The molecule has 5 nitrogen and oxygen atoms in total. The minimum Gasteiger partial charge on any atom is -0.324 e. The van der Waals surface area contributed by atoms with Crippen LogP contribution in [0.4, 0.5) is 20.2 Å². The van der Waals surface area contributed by atoms with Crippen molar-refractivity contribution in [2.45, 2.75) is 9.79 Å². The van der Waals surface area contributed by atoms with Crippen molar-refractivity contribution in [2.24, 2.45) is 0 Å². The second-order valence-electron chi connectivity index (χ2n) is 5.90. The molecule has 0 bridgehead atoms. The molecule has 0 aliphatic heterocycles. The fraction of sp³-hybridized carbons (Fsp3) is 0.0500. The van der Waals surface area contributed by atoms with Crippen LogP contribution in [0.5, 0.6) is 0 Å². The van der Waals surface area contributed by atoms with E-state index in [0.717, 1.165) is 29.2 Å². The number of rotatable bonds is 7. The average Bonchev–Trinajstić information content (AvgIpc) is 2.69. The quantitative estimate of drug-likeness (QED) is 0.537. The zero-order valence-electron chi connectivity index (χ0n) is 14.9. The molecule has 0 radical (unpaired) electrons. The summed E-state index contributed by atoms with van der Waals surface area (Å²) in [7, 11) is -3.96. The van der Waals surface area contributed by atoms with Gasteiger partial charge >= 0.3 is 0 Å². The van der Waals surface area contributed by atoms with E-state index in [-0.39, 0.29) is 33.7 Å². The zero-order valence-corrected chi connectivity index (χ0v) is 16.6. The van der Waals surface area contributed by atoms with Gasteiger partial charge < -0.3 is 5.32 Å². The van der Waals surface area contributed by atoms with E-state index in [1.54, 1.807) is 30.3 Å². The lowest BCUT2D eigenvalue weighted by Crippen LogP contribution is -2.18. The number of carbonyl (C=O) groups is 1. The Labute approximate surface area is 171 Å². The van der Waals surface area contributed by atoms with Gasteiger partial charge in [0.15, 0.2) is 0 Å². The fourth-order valence-electron chi connectivity index (χ4n) is 2.36. The zero-order chi connectivity index (χ0) is 20.9. The van der Waals surface area contributed by atoms with E-state index in [2.05, 4.69) is 10.0 Å². The highest BCUT2D eigenvalue weighted by molar-refractivity contribution is 8.00. The van der Waals surface area contributed by atoms with Gasteiger partial charge in [-0.25, -0.2) is 17.2 Å². The van der Waals surface area contributed by atoms with Crippen molar-refractivity contribution in [1.82, 2.24) is 0 Å². The van der Waals surface area contributed by atoms with Crippen molar-refractivity contribution in [3.8, 4) is 0 Å². The Balaban J connectivity index is 1.69. The lowest BCUT2D eigenvalue weighted by Gasteiger charge is -2.13. The minimum absolute atomic E-state index is 0.0602. The molecule has 0 aromatic heterocycles. The van der Waals surface area contributed by atoms with Crippen molar-refractivity contribution < 1.29 is 22.0 Å². The smallest absolute Gasteiger partial charge is 0.261 e. The molecule has 0 atom stereocenters. The van der Waals surface area contributed by atoms with Crippen molar-refractivity contribution in [1.29, 1.82) is 0 Å². The van der Waals surface area contributed by atoms with Crippen LogP contribution in [0.1, 0.15) is 0 Å². The summed E-state index contributed by atoms with van der Waals surface area (Å²) in [5, 5.41) is 2.65. The molecule has 1 amide bonds. The average molecular weight is 434 g/mol. The molecule has 150 valence electrons. The molecule has 0 heterocycles. The number of nitrogens with one attached hydrogen (secondary N) is 2. The van der Waals surface area contributed by atoms with Crippen LogP contribution in [-0.2, 0) is 14.8 Å². The summed E-state index contributed by atoms with van der Waals surface area (Å²) in [6, 6.07) is 16.5. The first kappa shape index (κ1) is 20.8. The van der Waals surface area contributed by atoms with E-state index in [4.69, 9.17) is 0 Å². The predicted octanol–water partition coefficient (Wildman–Crippen LogP) is 4.50. The third-order valence-electron chi connectivity index (χ3n) is 3.75. The van der Waals surface area contributed by atoms with Crippen LogP contribution in [0.3, 0.4) is 0 Å². The molecular formula is C20H16F2N2O3S2. The first-order valence-corrected chi connectivity index (χ1v) is 10.9. The predicted molar refractivity (Wildman–Crippen MR) is 109 cm³/mol. The molecule has 3 aromatic rings. The normalized spacial score (nSPS) is 11.1. The van der Waals surface area contributed by atoms with Gasteiger partial charge in [-0.1, -0.05) is 12.1 Å². The molecule has 3 rings (SSSR count). The molecule has 0 fully saturated rings. The Morgan fingerprint density at radius 3 is 2.00 bits per heavy atom. The van der Waals surface area contributed by atoms with Gasteiger partial charge in [0.25, 0.3) is 10.0 Å². The molecule has 9 heteroatoms. The van der Waals surface area contributed by atoms with E-state index >= 15 is 0 Å². The standard InChI is InChI=1S/C20H16F2N2O3S2/c21-14-5-9-16(10-6-14)28-13-20(25)23-18-3-1-2-4-19(18)24-29(26,27)17-11-7-15(22)8-12-17/h1-12,24H,13H2,(H,23,25). The largest absolute Gasteiger partial charge is 0.324 e. The van der Waals surface area contributed by atoms with Crippen molar-refractivity contribution in [3.63, 3.8) is 0 Å². The number of sulfonamides is 1. The monoisotopic (exact) mass is 434 g/mol. The Morgan fingerprint density at radius 1 is 0.828 bits per heavy atom. The third kappa shape index (κ3) is 5.78. The van der Waals surface area contributed by atoms with Crippen molar-refractivity contribution >= 4 is 39.1 Å². The van der Waals surface area contributed by atoms with Crippen LogP contribution in [0.2, 0.25) is 0 Å². The molecular weight excluding hydrogens is 418 g/mol. The number of hydrogen-bond donors (Lipinski definition) is 2. The summed E-state index contributed by atoms with van der Waals surface area (Å²) in [5.41, 5.74) is 0.458. The lowest BCUT2D eigenvalue weighted by atomic mass is 10.3. The Hall–Kier alpha value is -2.91. The highest BCUT2D eigenvalue weighted by Gasteiger charge is 2.17. The van der Waals surface area contributed by atoms with E-state index in [0.29, 0.717) is 0 Å². The number of thioether (sulfide) groups is 1. The highest BCUT2D eigenvalue weighted by Crippen LogP contribution is 2.25. The summed E-state index contributed by atoms with van der Waals surface area (Å²) >= 11 is 1.22. The second kappa shape index (κ2) is 9.06. The Kier molecular flexibility index (Phi) is 6.50. The van der Waals surface area contributed by atoms with Gasteiger partial charge in [0.05, 0.1) is 22.0 Å². The molecule has 0 saturated carbocycles. The fourth-order valence-corrected chi connectivity index (χ4v) is 4.14. The van der Waals surface area contributed by atoms with Crippen LogP contribution in [0.25, 0.3) is 0 Å². The summed E-state index contributed by atoms with van der Waals surface area (Å²) in [4.78, 5) is 12.9. The minimum atomic E-state index is -3.96. The summed E-state index contributed by atoms with van der Waals surface area (Å²) in [6.07, 6.45) is 0. The molecule has 3 aromatic carbocycles. The van der Waals surface area contributed by atoms with Crippen LogP contribution in [0.15, 0.2) is 82.6 Å². The number of benzene rings is 3. The van der Waals surface area contributed by atoms with E-state index in [1.165, 1.54) is 30.0 Å². The van der Waals surface area contributed by atoms with Crippen LogP contribution < -0.4 is 10.0 Å². The van der Waals surface area contributed by atoms with Crippen molar-refractivity contribution in [3.05, 3.63) is 84.4 Å². The van der Waals surface area contributed by atoms with Gasteiger partial charge in [-0.15, -0.1) is 11.8 Å². The van der Waals surface area contributed by atoms with Crippen LogP contribution in [-0.4, -0.2) is 20.1 Å². The SMILES string of the molecule is O=C(CSc1ccc(F)cc1)Nc1ccccc1NS(=O)(=O)c1ccc(F)cc1. The maximum absolute atomic E-state index is 13.0.